The second-order valence-electron chi connectivity index (χ2n) is 8.18. The SMILES string of the molecule is CCN1CCN(c2ccc(Cl)cc2NC(=O)c2cccc(S(=O)(=O)N(C)C(C)C)c2)CC1. The number of amides is 1. The number of piperazine rings is 1. The van der Waals surface area contributed by atoms with Crippen LogP contribution >= 0.6 is 11.6 Å². The fourth-order valence-electron chi connectivity index (χ4n) is 3.63. The molecule has 0 atom stereocenters. The number of hydrogen-bond donors (Lipinski definition) is 1. The lowest BCUT2D eigenvalue weighted by atomic mass is 10.1. The molecule has 0 aliphatic carbocycles. The number of nitrogens with one attached hydrogen (secondary N) is 1. The molecule has 1 heterocycles. The molecule has 2 aromatic carbocycles. The van der Waals surface area contributed by atoms with Crippen LogP contribution < -0.4 is 10.2 Å². The molecule has 0 aromatic heterocycles. The van der Waals surface area contributed by atoms with Crippen molar-refractivity contribution in [2.75, 3.05) is 50.0 Å². The minimum Gasteiger partial charge on any atom is -0.367 e. The summed E-state index contributed by atoms with van der Waals surface area (Å²) in [5.74, 6) is -0.384. The van der Waals surface area contributed by atoms with Crippen LogP contribution in [0.1, 0.15) is 31.1 Å². The molecule has 0 unspecified atom stereocenters. The highest BCUT2D eigenvalue weighted by Gasteiger charge is 2.24. The Labute approximate surface area is 196 Å². The van der Waals surface area contributed by atoms with E-state index in [4.69, 9.17) is 11.6 Å². The van der Waals surface area contributed by atoms with Gasteiger partial charge in [0.2, 0.25) is 10.0 Å². The van der Waals surface area contributed by atoms with Crippen molar-refractivity contribution < 1.29 is 13.2 Å². The van der Waals surface area contributed by atoms with Crippen molar-refractivity contribution in [3.05, 3.63) is 53.1 Å². The normalized spacial score (nSPS) is 15.4. The first-order valence-corrected chi connectivity index (χ1v) is 12.6. The number of likely N-dealkylation sites (N-methyl/N-ethyl adjacent to an activating group) is 1. The minimum absolute atomic E-state index is 0.0864. The van der Waals surface area contributed by atoms with Crippen LogP contribution in [0.2, 0.25) is 5.02 Å². The van der Waals surface area contributed by atoms with E-state index in [0.29, 0.717) is 10.7 Å². The van der Waals surface area contributed by atoms with Gasteiger partial charge >= 0.3 is 0 Å². The molecule has 0 spiro atoms. The van der Waals surface area contributed by atoms with E-state index in [2.05, 4.69) is 22.0 Å². The largest absolute Gasteiger partial charge is 0.367 e. The molecular weight excluding hydrogens is 448 g/mol. The predicted molar refractivity (Wildman–Crippen MR) is 130 cm³/mol. The summed E-state index contributed by atoms with van der Waals surface area (Å²) in [5, 5.41) is 3.45. The molecule has 0 radical (unpaired) electrons. The van der Waals surface area contributed by atoms with E-state index in [9.17, 15) is 13.2 Å². The Morgan fingerprint density at radius 1 is 1.12 bits per heavy atom. The highest BCUT2D eigenvalue weighted by Crippen LogP contribution is 2.31. The Balaban J connectivity index is 1.85. The zero-order valence-electron chi connectivity index (χ0n) is 19.0. The van der Waals surface area contributed by atoms with Crippen molar-refractivity contribution >= 4 is 38.9 Å². The maximum absolute atomic E-state index is 13.1. The summed E-state index contributed by atoms with van der Waals surface area (Å²) in [4.78, 5) is 17.8. The monoisotopic (exact) mass is 478 g/mol. The Morgan fingerprint density at radius 2 is 1.81 bits per heavy atom. The topological polar surface area (TPSA) is 73.0 Å². The highest BCUT2D eigenvalue weighted by molar-refractivity contribution is 7.89. The Hall–Kier alpha value is -2.13. The van der Waals surface area contributed by atoms with Gasteiger partial charge in [-0.25, -0.2) is 8.42 Å². The third-order valence-electron chi connectivity index (χ3n) is 5.87. The zero-order valence-corrected chi connectivity index (χ0v) is 20.6. The van der Waals surface area contributed by atoms with Crippen molar-refractivity contribution in [1.82, 2.24) is 9.21 Å². The van der Waals surface area contributed by atoms with Gasteiger partial charge < -0.3 is 15.1 Å². The number of halogens is 1. The van der Waals surface area contributed by atoms with E-state index in [0.717, 1.165) is 38.4 Å². The minimum atomic E-state index is -3.69. The predicted octanol–water partition coefficient (Wildman–Crippen LogP) is 3.76. The van der Waals surface area contributed by atoms with Gasteiger partial charge in [-0.05, 0) is 56.8 Å². The van der Waals surface area contributed by atoms with Crippen molar-refractivity contribution in [3.63, 3.8) is 0 Å². The molecule has 1 aliphatic rings. The van der Waals surface area contributed by atoms with Crippen LogP contribution in [0, 0.1) is 0 Å². The van der Waals surface area contributed by atoms with E-state index in [1.54, 1.807) is 32.0 Å². The Bertz CT molecular complexity index is 1070. The smallest absolute Gasteiger partial charge is 0.255 e. The van der Waals surface area contributed by atoms with Gasteiger partial charge in [0.15, 0.2) is 0 Å². The van der Waals surface area contributed by atoms with Crippen LogP contribution in [0.25, 0.3) is 0 Å². The molecule has 32 heavy (non-hydrogen) atoms. The first-order valence-electron chi connectivity index (χ1n) is 10.8. The van der Waals surface area contributed by atoms with Crippen molar-refractivity contribution in [1.29, 1.82) is 0 Å². The quantitative estimate of drug-likeness (QED) is 0.655. The van der Waals surface area contributed by atoms with Crippen molar-refractivity contribution in [2.45, 2.75) is 31.7 Å². The van der Waals surface area contributed by atoms with Crippen LogP contribution in [0.3, 0.4) is 0 Å². The van der Waals surface area contributed by atoms with Gasteiger partial charge in [0.05, 0.1) is 16.3 Å². The summed E-state index contributed by atoms with van der Waals surface area (Å²) in [6.45, 7) is 10.4. The lowest BCUT2D eigenvalue weighted by Crippen LogP contribution is -2.46. The zero-order chi connectivity index (χ0) is 23.5. The molecule has 2 aromatic rings. The molecule has 9 heteroatoms. The van der Waals surface area contributed by atoms with Crippen LogP contribution in [0.15, 0.2) is 47.4 Å². The maximum Gasteiger partial charge on any atom is 0.255 e. The average Bonchev–Trinajstić information content (AvgIpc) is 2.78. The fraction of sp³-hybridized carbons (Fsp3) is 0.435. The summed E-state index contributed by atoms with van der Waals surface area (Å²) in [5.41, 5.74) is 1.78. The van der Waals surface area contributed by atoms with Gasteiger partial charge in [-0.1, -0.05) is 24.6 Å². The molecule has 7 nitrogen and oxygen atoms in total. The summed E-state index contributed by atoms with van der Waals surface area (Å²) < 4.78 is 26.9. The average molecular weight is 479 g/mol. The standard InChI is InChI=1S/C23H31ClN4O3S/c1-5-27-11-13-28(14-12-27)22-10-9-19(24)16-21(22)25-23(29)18-7-6-8-20(15-18)32(30,31)26(4)17(2)3/h6-10,15-17H,5,11-14H2,1-4H3,(H,25,29). The van der Waals surface area contributed by atoms with E-state index < -0.39 is 10.0 Å². The molecular formula is C23H31ClN4O3S. The number of carbonyl (C=O) groups excluding carboxylic acids is 1. The van der Waals surface area contributed by atoms with Crippen LogP contribution in [-0.2, 0) is 10.0 Å². The van der Waals surface area contributed by atoms with Gasteiger partial charge in [-0.3, -0.25) is 4.79 Å². The number of sulfonamides is 1. The molecule has 1 saturated heterocycles. The fourth-order valence-corrected chi connectivity index (χ4v) is 5.21. The van der Waals surface area contributed by atoms with E-state index in [-0.39, 0.29) is 22.4 Å². The van der Waals surface area contributed by atoms with E-state index >= 15 is 0 Å². The number of rotatable bonds is 7. The lowest BCUT2D eigenvalue weighted by molar-refractivity contribution is 0.102. The van der Waals surface area contributed by atoms with Gasteiger partial charge in [0.1, 0.15) is 0 Å². The first kappa shape index (κ1) is 24.5. The van der Waals surface area contributed by atoms with Crippen molar-refractivity contribution in [2.24, 2.45) is 0 Å². The summed E-state index contributed by atoms with van der Waals surface area (Å²) in [6, 6.07) is 11.4. The van der Waals surface area contributed by atoms with Gasteiger partial charge in [-0.2, -0.15) is 4.31 Å². The Kier molecular flexibility index (Phi) is 7.82. The summed E-state index contributed by atoms with van der Waals surface area (Å²) >= 11 is 6.22. The number of benzene rings is 2. The molecule has 0 bridgehead atoms. The van der Waals surface area contributed by atoms with Crippen LogP contribution in [-0.4, -0.2) is 69.3 Å². The third kappa shape index (κ3) is 5.43. The number of anilines is 2. The molecule has 1 fully saturated rings. The molecule has 1 N–H and O–H groups in total. The van der Waals surface area contributed by atoms with E-state index in [1.807, 2.05) is 12.1 Å². The number of nitrogens with zero attached hydrogens (tertiary/aromatic N) is 3. The van der Waals surface area contributed by atoms with Gasteiger partial charge in [0, 0.05) is 49.9 Å². The molecule has 174 valence electrons. The maximum atomic E-state index is 13.1. The molecule has 0 saturated carbocycles. The van der Waals surface area contributed by atoms with Crippen LogP contribution in [0.4, 0.5) is 11.4 Å². The highest BCUT2D eigenvalue weighted by atomic mass is 35.5. The number of hydrogen-bond acceptors (Lipinski definition) is 5. The number of carbonyl (C=O) groups is 1. The molecule has 1 amide bonds. The van der Waals surface area contributed by atoms with E-state index in [1.165, 1.54) is 23.5 Å². The molecule has 1 aliphatic heterocycles. The molecule has 3 rings (SSSR count). The summed E-state index contributed by atoms with van der Waals surface area (Å²) in [7, 11) is -2.16. The van der Waals surface area contributed by atoms with Crippen LogP contribution in [0.5, 0.6) is 0 Å². The Morgan fingerprint density at radius 3 is 2.44 bits per heavy atom. The van der Waals surface area contributed by atoms with Crippen molar-refractivity contribution in [3.8, 4) is 0 Å². The first-order chi connectivity index (χ1) is 15.1. The summed E-state index contributed by atoms with van der Waals surface area (Å²) in [6.07, 6.45) is 0. The third-order valence-corrected chi connectivity index (χ3v) is 8.13. The van der Waals surface area contributed by atoms with Gasteiger partial charge in [0.25, 0.3) is 5.91 Å². The second kappa shape index (κ2) is 10.2. The van der Waals surface area contributed by atoms with Gasteiger partial charge in [-0.15, -0.1) is 0 Å². The second-order valence-corrected chi connectivity index (χ2v) is 10.6. The lowest BCUT2D eigenvalue weighted by Gasteiger charge is -2.36.